The summed E-state index contributed by atoms with van der Waals surface area (Å²) < 4.78 is 1.30. The minimum atomic E-state index is 0.720. The highest BCUT2D eigenvalue weighted by Crippen LogP contribution is 2.40. The summed E-state index contributed by atoms with van der Waals surface area (Å²) in [6, 6.07) is 16.7. The molecule has 0 saturated carbocycles. The Kier molecular flexibility index (Phi) is 4.58. The van der Waals surface area contributed by atoms with Gasteiger partial charge in [-0.15, -0.1) is 11.3 Å². The molecule has 4 aromatic rings. The van der Waals surface area contributed by atoms with Crippen LogP contribution in [0.4, 0.5) is 0 Å². The molecule has 0 spiro atoms. The van der Waals surface area contributed by atoms with Gasteiger partial charge in [-0.05, 0) is 37.3 Å². The van der Waals surface area contributed by atoms with Gasteiger partial charge in [-0.25, -0.2) is 15.0 Å². The van der Waals surface area contributed by atoms with E-state index in [0.29, 0.717) is 0 Å². The molecule has 0 unspecified atom stereocenters. The van der Waals surface area contributed by atoms with Crippen LogP contribution in [0.3, 0.4) is 0 Å². The van der Waals surface area contributed by atoms with E-state index in [4.69, 9.17) is 15.0 Å². The topological polar surface area (TPSA) is 38.7 Å². The molecule has 150 valence electrons. The fraction of sp³-hybridized carbons (Fsp3) is 0.148. The van der Waals surface area contributed by atoms with Crippen molar-refractivity contribution in [3.05, 3.63) is 89.1 Å². The number of hydrogen-bond acceptors (Lipinski definition) is 4. The van der Waals surface area contributed by atoms with Gasteiger partial charge in [0.2, 0.25) is 0 Å². The molecule has 3 nitrogen and oxygen atoms in total. The Morgan fingerprint density at radius 1 is 0.710 bits per heavy atom. The van der Waals surface area contributed by atoms with Crippen molar-refractivity contribution in [2.75, 3.05) is 0 Å². The van der Waals surface area contributed by atoms with Crippen LogP contribution in [0.5, 0.6) is 0 Å². The highest BCUT2D eigenvalue weighted by Gasteiger charge is 2.19. The van der Waals surface area contributed by atoms with Crippen LogP contribution >= 0.6 is 11.3 Å². The molecule has 0 fully saturated rings. The lowest BCUT2D eigenvalue weighted by Gasteiger charge is -2.12. The van der Waals surface area contributed by atoms with Crippen molar-refractivity contribution < 1.29 is 0 Å². The number of rotatable bonds is 3. The van der Waals surface area contributed by atoms with Gasteiger partial charge >= 0.3 is 0 Å². The summed E-state index contributed by atoms with van der Waals surface area (Å²) in [5.74, 6) is 2.21. The van der Waals surface area contributed by atoms with Crippen molar-refractivity contribution in [3.8, 4) is 22.8 Å². The molecule has 0 radical (unpaired) electrons. The second-order valence-electron chi connectivity index (χ2n) is 7.87. The van der Waals surface area contributed by atoms with Gasteiger partial charge in [-0.1, -0.05) is 72.8 Å². The summed E-state index contributed by atoms with van der Waals surface area (Å²) in [4.78, 5) is 16.2. The Labute approximate surface area is 185 Å². The quantitative estimate of drug-likeness (QED) is 0.355. The van der Waals surface area contributed by atoms with Crippen molar-refractivity contribution in [2.45, 2.75) is 25.7 Å². The summed E-state index contributed by atoms with van der Waals surface area (Å²) in [6.45, 7) is 0. The molecule has 0 amide bonds. The second-order valence-corrected chi connectivity index (χ2v) is 9.01. The first-order chi connectivity index (χ1) is 15.4. The number of benzene rings is 2. The third-order valence-electron chi connectivity index (χ3n) is 5.81. The third-order valence-corrected chi connectivity index (χ3v) is 7.04. The number of aryl methyl sites for hydroxylation is 1. The molecule has 2 aromatic carbocycles. The maximum Gasteiger partial charge on any atom is 0.164 e. The molecular weight excluding hydrogens is 398 g/mol. The van der Waals surface area contributed by atoms with Gasteiger partial charge in [0, 0.05) is 31.7 Å². The highest BCUT2D eigenvalue weighted by molar-refractivity contribution is 7.19. The van der Waals surface area contributed by atoms with Gasteiger partial charge in [0.1, 0.15) is 0 Å². The lowest BCUT2D eigenvalue weighted by atomic mass is 9.99. The summed E-state index contributed by atoms with van der Waals surface area (Å²) >= 11 is 1.90. The number of fused-ring (bicyclic) bond motifs is 3. The zero-order valence-electron chi connectivity index (χ0n) is 17.1. The van der Waals surface area contributed by atoms with Crippen molar-refractivity contribution in [1.29, 1.82) is 0 Å². The fourth-order valence-electron chi connectivity index (χ4n) is 4.31. The van der Waals surface area contributed by atoms with E-state index < -0.39 is 0 Å². The van der Waals surface area contributed by atoms with E-state index in [1.54, 1.807) is 0 Å². The van der Waals surface area contributed by atoms with Crippen LogP contribution in [0.1, 0.15) is 35.5 Å². The van der Waals surface area contributed by atoms with Crippen LogP contribution in [-0.2, 0) is 6.42 Å². The number of aromatic nitrogens is 3. The molecule has 6 rings (SSSR count). The summed E-state index contributed by atoms with van der Waals surface area (Å²) in [6.07, 6.45) is 15.4. The van der Waals surface area contributed by atoms with Crippen LogP contribution in [0.25, 0.3) is 44.5 Å². The molecule has 2 aliphatic carbocycles. The van der Waals surface area contributed by atoms with Crippen molar-refractivity contribution >= 4 is 33.1 Å². The SMILES string of the molecule is C1=CC(c2nc(-c3ccccc3)nc(-c3cccc4sc5c(c34)C=CCC5)n2)=CCC1. The van der Waals surface area contributed by atoms with Crippen molar-refractivity contribution in [1.82, 2.24) is 15.0 Å². The lowest BCUT2D eigenvalue weighted by molar-refractivity contribution is 1.01. The van der Waals surface area contributed by atoms with Crippen LogP contribution < -0.4 is 0 Å². The number of hydrogen-bond donors (Lipinski definition) is 0. The normalized spacial score (nSPS) is 15.2. The molecule has 0 saturated heterocycles. The monoisotopic (exact) mass is 419 g/mol. The molecule has 0 N–H and O–H groups in total. The van der Waals surface area contributed by atoms with E-state index in [9.17, 15) is 0 Å². The zero-order chi connectivity index (χ0) is 20.6. The largest absolute Gasteiger partial charge is 0.208 e. The second kappa shape index (κ2) is 7.71. The van der Waals surface area contributed by atoms with E-state index in [0.717, 1.165) is 59.9 Å². The molecule has 0 bridgehead atoms. The molecule has 31 heavy (non-hydrogen) atoms. The van der Waals surface area contributed by atoms with E-state index in [-0.39, 0.29) is 0 Å². The summed E-state index contributed by atoms with van der Waals surface area (Å²) in [5.41, 5.74) is 4.50. The van der Waals surface area contributed by atoms with Gasteiger partial charge in [0.15, 0.2) is 17.5 Å². The minimum Gasteiger partial charge on any atom is -0.208 e. The molecule has 0 atom stereocenters. The lowest BCUT2D eigenvalue weighted by Crippen LogP contribution is -2.03. The van der Waals surface area contributed by atoms with Gasteiger partial charge in [-0.3, -0.25) is 0 Å². The zero-order valence-corrected chi connectivity index (χ0v) is 17.9. The first kappa shape index (κ1) is 18.4. The van der Waals surface area contributed by atoms with Gasteiger partial charge < -0.3 is 0 Å². The Hall–Kier alpha value is -3.37. The Bertz CT molecular complexity index is 1380. The van der Waals surface area contributed by atoms with Crippen LogP contribution in [0.2, 0.25) is 0 Å². The Morgan fingerprint density at radius 2 is 1.55 bits per heavy atom. The molecule has 2 aliphatic rings. The predicted octanol–water partition coefficient (Wildman–Crippen LogP) is 7.11. The van der Waals surface area contributed by atoms with Gasteiger partial charge in [0.25, 0.3) is 0 Å². The third kappa shape index (κ3) is 3.33. The van der Waals surface area contributed by atoms with Crippen LogP contribution in [0.15, 0.2) is 72.8 Å². The number of thiophene rings is 1. The summed E-state index contributed by atoms with van der Waals surface area (Å²) in [5, 5.41) is 1.27. The van der Waals surface area contributed by atoms with E-state index in [1.165, 1.54) is 20.5 Å². The smallest absolute Gasteiger partial charge is 0.164 e. The van der Waals surface area contributed by atoms with E-state index in [2.05, 4.69) is 60.7 Å². The number of allylic oxidation sites excluding steroid dienone is 5. The highest BCUT2D eigenvalue weighted by atomic mass is 32.1. The molecular formula is C27H21N3S. The van der Waals surface area contributed by atoms with Crippen LogP contribution in [0, 0.1) is 0 Å². The Balaban J connectivity index is 1.61. The average molecular weight is 420 g/mol. The predicted molar refractivity (Wildman–Crippen MR) is 130 cm³/mol. The maximum atomic E-state index is 4.97. The van der Waals surface area contributed by atoms with Crippen LogP contribution in [-0.4, -0.2) is 15.0 Å². The standard InChI is InChI=1S/C27H21N3S/c1-3-10-18(11-4-1)25-28-26(19-12-5-2-6-13-19)30-27(29-25)21-15-9-17-23-24(21)20-14-7-8-16-22(20)31-23/h1,3-5,7,9-15,17H,2,6,8,16H2. The van der Waals surface area contributed by atoms with Crippen molar-refractivity contribution in [3.63, 3.8) is 0 Å². The van der Waals surface area contributed by atoms with Gasteiger partial charge in [-0.2, -0.15) is 0 Å². The van der Waals surface area contributed by atoms with Gasteiger partial charge in [0.05, 0.1) is 0 Å². The average Bonchev–Trinajstić information content (AvgIpc) is 3.24. The maximum absolute atomic E-state index is 4.97. The Morgan fingerprint density at radius 3 is 2.42 bits per heavy atom. The van der Waals surface area contributed by atoms with E-state index in [1.807, 2.05) is 29.5 Å². The minimum absolute atomic E-state index is 0.720. The molecule has 0 aliphatic heterocycles. The van der Waals surface area contributed by atoms with E-state index >= 15 is 0 Å². The summed E-state index contributed by atoms with van der Waals surface area (Å²) in [7, 11) is 0. The first-order valence-electron chi connectivity index (χ1n) is 10.8. The van der Waals surface area contributed by atoms with Crippen molar-refractivity contribution in [2.24, 2.45) is 0 Å². The fourth-order valence-corrected chi connectivity index (χ4v) is 5.54. The number of nitrogens with zero attached hydrogens (tertiary/aromatic N) is 3. The molecule has 2 heterocycles. The first-order valence-corrected chi connectivity index (χ1v) is 11.6. The molecule has 2 aromatic heterocycles. The molecule has 4 heteroatoms.